The Labute approximate surface area is 115 Å². The van der Waals surface area contributed by atoms with Crippen molar-refractivity contribution in [1.29, 1.82) is 0 Å². The number of sulfone groups is 1. The van der Waals surface area contributed by atoms with E-state index >= 15 is 0 Å². The van der Waals surface area contributed by atoms with Gasteiger partial charge in [-0.25, -0.2) is 18.4 Å². The lowest BCUT2D eigenvalue weighted by atomic mass is 10.3. The molecule has 0 aliphatic heterocycles. The van der Waals surface area contributed by atoms with Crippen molar-refractivity contribution in [3.05, 3.63) is 42.4 Å². The molecule has 0 atom stereocenters. The molecular formula is C12H12N4O3S. The van der Waals surface area contributed by atoms with Crippen LogP contribution in [-0.2, 0) is 9.84 Å². The van der Waals surface area contributed by atoms with Crippen LogP contribution in [0.1, 0.15) is 10.5 Å². The highest BCUT2D eigenvalue weighted by Crippen LogP contribution is 2.19. The van der Waals surface area contributed by atoms with E-state index in [1.54, 1.807) is 12.1 Å². The van der Waals surface area contributed by atoms with Crippen LogP contribution in [0.5, 0.6) is 0 Å². The second kappa shape index (κ2) is 5.25. The van der Waals surface area contributed by atoms with Crippen molar-refractivity contribution in [2.75, 3.05) is 11.6 Å². The maximum Gasteiger partial charge on any atom is 0.271 e. The van der Waals surface area contributed by atoms with Gasteiger partial charge in [0.1, 0.15) is 0 Å². The first kappa shape index (κ1) is 13.9. The molecule has 0 saturated carbocycles. The molecule has 2 aromatic rings. The van der Waals surface area contributed by atoms with E-state index in [1.165, 1.54) is 24.5 Å². The van der Waals surface area contributed by atoms with Crippen molar-refractivity contribution in [3.8, 4) is 0 Å². The van der Waals surface area contributed by atoms with Crippen LogP contribution < -0.4 is 11.1 Å². The minimum atomic E-state index is -3.24. The zero-order valence-corrected chi connectivity index (χ0v) is 11.4. The molecule has 20 heavy (non-hydrogen) atoms. The Morgan fingerprint density at radius 1 is 1.15 bits per heavy atom. The molecule has 8 heteroatoms. The standard InChI is InChI=1S/C12H12N4O3S/c1-20(18,19)9-4-2-8(3-5-9)16-12-10(11(13)17)14-6-7-15-12/h2-7H,1H3,(H2,13,17)(H,15,16). The zero-order valence-electron chi connectivity index (χ0n) is 10.6. The van der Waals surface area contributed by atoms with E-state index in [0.29, 0.717) is 5.69 Å². The van der Waals surface area contributed by atoms with Gasteiger partial charge in [0.15, 0.2) is 21.3 Å². The highest BCUT2D eigenvalue weighted by Gasteiger charge is 2.11. The van der Waals surface area contributed by atoms with E-state index in [4.69, 9.17) is 5.73 Å². The van der Waals surface area contributed by atoms with E-state index in [0.717, 1.165) is 6.26 Å². The molecule has 0 fully saturated rings. The topological polar surface area (TPSA) is 115 Å². The largest absolute Gasteiger partial charge is 0.364 e. The Kier molecular flexibility index (Phi) is 3.66. The minimum absolute atomic E-state index is 0.0136. The van der Waals surface area contributed by atoms with Gasteiger partial charge in [0.2, 0.25) is 0 Å². The number of benzene rings is 1. The summed E-state index contributed by atoms with van der Waals surface area (Å²) in [6, 6.07) is 6.04. The fraction of sp³-hybridized carbons (Fsp3) is 0.0833. The SMILES string of the molecule is CS(=O)(=O)c1ccc(Nc2nccnc2C(N)=O)cc1. The molecule has 3 N–H and O–H groups in total. The van der Waals surface area contributed by atoms with Crippen molar-refractivity contribution in [2.45, 2.75) is 4.90 Å². The average molecular weight is 292 g/mol. The summed E-state index contributed by atoms with van der Waals surface area (Å²) in [4.78, 5) is 19.2. The number of amides is 1. The zero-order chi connectivity index (χ0) is 14.8. The second-order valence-electron chi connectivity index (χ2n) is 4.04. The van der Waals surface area contributed by atoms with Gasteiger partial charge in [0.25, 0.3) is 5.91 Å². The summed E-state index contributed by atoms with van der Waals surface area (Å²) in [6.45, 7) is 0. The maximum atomic E-state index is 11.3. The second-order valence-corrected chi connectivity index (χ2v) is 6.06. The van der Waals surface area contributed by atoms with Crippen molar-refractivity contribution in [3.63, 3.8) is 0 Å². The Morgan fingerprint density at radius 3 is 2.30 bits per heavy atom. The Balaban J connectivity index is 2.30. The van der Waals surface area contributed by atoms with Crippen molar-refractivity contribution in [1.82, 2.24) is 9.97 Å². The first-order valence-corrected chi connectivity index (χ1v) is 7.45. The Bertz CT molecular complexity index is 742. The number of hydrogen-bond donors (Lipinski definition) is 2. The lowest BCUT2D eigenvalue weighted by molar-refractivity contribution is 0.0996. The third-order valence-electron chi connectivity index (χ3n) is 2.48. The highest BCUT2D eigenvalue weighted by molar-refractivity contribution is 7.90. The predicted octanol–water partition coefficient (Wildman–Crippen LogP) is 0.723. The summed E-state index contributed by atoms with van der Waals surface area (Å²) < 4.78 is 22.7. The molecule has 1 aromatic heterocycles. The van der Waals surface area contributed by atoms with Crippen LogP contribution in [0.3, 0.4) is 0 Å². The smallest absolute Gasteiger partial charge is 0.271 e. The summed E-state index contributed by atoms with van der Waals surface area (Å²) in [7, 11) is -3.24. The number of nitrogens with two attached hydrogens (primary N) is 1. The number of primary amides is 1. The molecule has 0 aliphatic rings. The van der Waals surface area contributed by atoms with Gasteiger partial charge >= 0.3 is 0 Å². The van der Waals surface area contributed by atoms with E-state index in [-0.39, 0.29) is 16.4 Å². The molecule has 1 aromatic carbocycles. The summed E-state index contributed by atoms with van der Waals surface area (Å²) in [5.41, 5.74) is 5.77. The fourth-order valence-electron chi connectivity index (χ4n) is 1.53. The number of nitrogens with one attached hydrogen (secondary N) is 1. The van der Waals surface area contributed by atoms with Gasteiger partial charge in [0, 0.05) is 24.3 Å². The van der Waals surface area contributed by atoms with Gasteiger partial charge in [-0.1, -0.05) is 0 Å². The van der Waals surface area contributed by atoms with Crippen molar-refractivity contribution in [2.24, 2.45) is 5.73 Å². The maximum absolute atomic E-state index is 11.3. The van der Waals surface area contributed by atoms with Crippen LogP contribution in [0.2, 0.25) is 0 Å². The molecule has 1 heterocycles. The van der Waals surface area contributed by atoms with Crippen molar-refractivity contribution >= 4 is 27.2 Å². The molecule has 0 radical (unpaired) electrons. The van der Waals surface area contributed by atoms with Gasteiger partial charge in [-0.15, -0.1) is 0 Å². The Morgan fingerprint density at radius 2 is 1.75 bits per heavy atom. The van der Waals surface area contributed by atoms with Crippen LogP contribution in [0.15, 0.2) is 41.6 Å². The van der Waals surface area contributed by atoms with Gasteiger partial charge in [-0.3, -0.25) is 4.79 Å². The van der Waals surface area contributed by atoms with Gasteiger partial charge in [0.05, 0.1) is 4.90 Å². The lowest BCUT2D eigenvalue weighted by Gasteiger charge is -2.08. The fourth-order valence-corrected chi connectivity index (χ4v) is 2.16. The molecule has 1 amide bonds. The van der Waals surface area contributed by atoms with E-state index in [1.807, 2.05) is 0 Å². The number of nitrogens with zero attached hydrogens (tertiary/aromatic N) is 2. The predicted molar refractivity (Wildman–Crippen MR) is 73.4 cm³/mol. The molecule has 0 saturated heterocycles. The summed E-state index contributed by atoms with van der Waals surface area (Å²) >= 11 is 0. The van der Waals surface area contributed by atoms with Gasteiger partial charge in [-0.2, -0.15) is 0 Å². The van der Waals surface area contributed by atoms with E-state index in [2.05, 4.69) is 15.3 Å². The van der Waals surface area contributed by atoms with E-state index < -0.39 is 15.7 Å². The lowest BCUT2D eigenvalue weighted by Crippen LogP contribution is -2.16. The normalized spacial score (nSPS) is 11.1. The average Bonchev–Trinajstić information content (AvgIpc) is 2.38. The van der Waals surface area contributed by atoms with Crippen LogP contribution in [0.25, 0.3) is 0 Å². The van der Waals surface area contributed by atoms with Gasteiger partial charge in [-0.05, 0) is 24.3 Å². The van der Waals surface area contributed by atoms with E-state index in [9.17, 15) is 13.2 Å². The molecule has 0 spiro atoms. The molecule has 104 valence electrons. The minimum Gasteiger partial charge on any atom is -0.364 e. The summed E-state index contributed by atoms with van der Waals surface area (Å²) in [5.74, 6) is -0.486. The molecule has 2 rings (SSSR count). The van der Waals surface area contributed by atoms with Crippen LogP contribution >= 0.6 is 0 Å². The quantitative estimate of drug-likeness (QED) is 0.858. The Hall–Kier alpha value is -2.48. The number of carbonyl (C=O) groups excluding carboxylic acids is 1. The monoisotopic (exact) mass is 292 g/mol. The summed E-state index contributed by atoms with van der Waals surface area (Å²) in [6.07, 6.45) is 3.90. The number of carbonyl (C=O) groups is 1. The molecule has 0 bridgehead atoms. The molecular weight excluding hydrogens is 280 g/mol. The number of rotatable bonds is 4. The number of anilines is 2. The summed E-state index contributed by atoms with van der Waals surface area (Å²) in [5, 5.41) is 2.86. The number of aromatic nitrogens is 2. The van der Waals surface area contributed by atoms with Crippen LogP contribution in [0, 0.1) is 0 Å². The third-order valence-corrected chi connectivity index (χ3v) is 3.61. The molecule has 7 nitrogen and oxygen atoms in total. The van der Waals surface area contributed by atoms with Gasteiger partial charge < -0.3 is 11.1 Å². The molecule has 0 unspecified atom stereocenters. The van der Waals surface area contributed by atoms with Crippen LogP contribution in [-0.4, -0.2) is 30.5 Å². The number of hydrogen-bond acceptors (Lipinski definition) is 6. The molecule has 0 aliphatic carbocycles. The first-order valence-electron chi connectivity index (χ1n) is 5.56. The van der Waals surface area contributed by atoms with Crippen LogP contribution in [0.4, 0.5) is 11.5 Å². The highest BCUT2D eigenvalue weighted by atomic mass is 32.2. The third kappa shape index (κ3) is 3.09. The first-order chi connectivity index (χ1) is 9.38. The van der Waals surface area contributed by atoms with Crippen molar-refractivity contribution < 1.29 is 13.2 Å².